The van der Waals surface area contributed by atoms with Crippen molar-refractivity contribution in [2.24, 2.45) is 0 Å². The van der Waals surface area contributed by atoms with Gasteiger partial charge >= 0.3 is 6.01 Å². The summed E-state index contributed by atoms with van der Waals surface area (Å²) in [6, 6.07) is 6.35. The van der Waals surface area contributed by atoms with Gasteiger partial charge < -0.3 is 15.4 Å². The highest BCUT2D eigenvalue weighted by atomic mass is 79.9. The lowest BCUT2D eigenvalue weighted by molar-refractivity contribution is 0.312. The molecule has 0 spiro atoms. The number of hydrogen-bond acceptors (Lipinski definition) is 6. The third-order valence-electron chi connectivity index (χ3n) is 2.81. The van der Waals surface area contributed by atoms with E-state index in [2.05, 4.69) is 54.5 Å². The molecule has 1 aromatic carbocycles. The van der Waals surface area contributed by atoms with Crippen molar-refractivity contribution >= 4 is 33.5 Å². The summed E-state index contributed by atoms with van der Waals surface area (Å²) in [5.41, 5.74) is 2.14. The Kier molecular flexibility index (Phi) is 5.32. The van der Waals surface area contributed by atoms with Crippen molar-refractivity contribution < 1.29 is 4.74 Å². The molecule has 0 aliphatic heterocycles. The predicted octanol–water partition coefficient (Wildman–Crippen LogP) is 3.38. The van der Waals surface area contributed by atoms with Gasteiger partial charge in [0.15, 0.2) is 0 Å². The lowest BCUT2D eigenvalue weighted by Gasteiger charge is -2.12. The standard InChI is InChI=1S/C14H18BrN5O/c1-4-9-8-10(15)6-7-11(9)17-13-18-12(16-3)19-14(20-13)21-5-2/h6-8H,4-5H2,1-3H3,(H2,16,17,18,19,20). The third kappa shape index (κ3) is 4.04. The molecule has 7 heteroatoms. The van der Waals surface area contributed by atoms with Crippen molar-refractivity contribution in [2.45, 2.75) is 20.3 Å². The van der Waals surface area contributed by atoms with Crippen molar-refractivity contribution in [3.8, 4) is 6.01 Å². The monoisotopic (exact) mass is 351 g/mol. The van der Waals surface area contributed by atoms with E-state index in [1.807, 2.05) is 19.1 Å². The fourth-order valence-electron chi connectivity index (χ4n) is 1.82. The van der Waals surface area contributed by atoms with Gasteiger partial charge in [-0.2, -0.15) is 15.0 Å². The summed E-state index contributed by atoms with van der Waals surface area (Å²) in [5, 5.41) is 6.12. The van der Waals surface area contributed by atoms with E-state index in [4.69, 9.17) is 4.74 Å². The fourth-order valence-corrected chi connectivity index (χ4v) is 2.22. The molecule has 1 heterocycles. The molecule has 0 fully saturated rings. The molecule has 2 aromatic rings. The summed E-state index contributed by atoms with van der Waals surface area (Å²) < 4.78 is 6.40. The minimum atomic E-state index is 0.300. The Hall–Kier alpha value is -1.89. The van der Waals surface area contributed by atoms with E-state index < -0.39 is 0 Å². The maximum Gasteiger partial charge on any atom is 0.323 e. The second-order valence-electron chi connectivity index (χ2n) is 4.23. The minimum Gasteiger partial charge on any atom is -0.464 e. The van der Waals surface area contributed by atoms with Crippen LogP contribution in [0.1, 0.15) is 19.4 Å². The van der Waals surface area contributed by atoms with Crippen molar-refractivity contribution in [2.75, 3.05) is 24.3 Å². The Labute approximate surface area is 132 Å². The SMILES string of the molecule is CCOc1nc(NC)nc(Nc2ccc(Br)cc2CC)n1. The summed E-state index contributed by atoms with van der Waals surface area (Å²) in [6.45, 7) is 4.50. The van der Waals surface area contributed by atoms with Gasteiger partial charge in [0.25, 0.3) is 0 Å². The van der Waals surface area contributed by atoms with Crippen LogP contribution in [-0.4, -0.2) is 28.6 Å². The first-order chi connectivity index (χ1) is 10.2. The van der Waals surface area contributed by atoms with Gasteiger partial charge in [0.05, 0.1) is 6.61 Å². The first-order valence-electron chi connectivity index (χ1n) is 6.78. The molecule has 0 atom stereocenters. The van der Waals surface area contributed by atoms with E-state index in [0.29, 0.717) is 24.5 Å². The average Bonchev–Trinajstić information content (AvgIpc) is 2.49. The van der Waals surface area contributed by atoms with Gasteiger partial charge in [-0.3, -0.25) is 0 Å². The van der Waals surface area contributed by atoms with Gasteiger partial charge in [0.2, 0.25) is 11.9 Å². The van der Waals surface area contributed by atoms with Gasteiger partial charge in [-0.25, -0.2) is 0 Å². The molecule has 0 aliphatic carbocycles. The van der Waals surface area contributed by atoms with Gasteiger partial charge in [0.1, 0.15) is 0 Å². The largest absolute Gasteiger partial charge is 0.464 e. The zero-order valence-electron chi connectivity index (χ0n) is 12.3. The van der Waals surface area contributed by atoms with Crippen LogP contribution in [0.3, 0.4) is 0 Å². The first-order valence-corrected chi connectivity index (χ1v) is 7.57. The predicted molar refractivity (Wildman–Crippen MR) is 87.3 cm³/mol. The van der Waals surface area contributed by atoms with Gasteiger partial charge in [-0.1, -0.05) is 22.9 Å². The van der Waals surface area contributed by atoms with E-state index in [0.717, 1.165) is 16.6 Å². The fraction of sp³-hybridized carbons (Fsp3) is 0.357. The minimum absolute atomic E-state index is 0.300. The van der Waals surface area contributed by atoms with Crippen LogP contribution < -0.4 is 15.4 Å². The van der Waals surface area contributed by atoms with Crippen LogP contribution in [-0.2, 0) is 6.42 Å². The Morgan fingerprint density at radius 2 is 1.90 bits per heavy atom. The second kappa shape index (κ2) is 7.21. The Morgan fingerprint density at radius 3 is 2.57 bits per heavy atom. The normalized spacial score (nSPS) is 10.3. The van der Waals surface area contributed by atoms with Crippen LogP contribution in [0.25, 0.3) is 0 Å². The molecule has 0 unspecified atom stereocenters. The molecule has 0 saturated heterocycles. The lowest BCUT2D eigenvalue weighted by atomic mass is 10.1. The molecule has 0 bridgehead atoms. The molecular weight excluding hydrogens is 334 g/mol. The van der Waals surface area contributed by atoms with E-state index in [1.165, 1.54) is 5.56 Å². The van der Waals surface area contributed by atoms with Crippen LogP contribution >= 0.6 is 15.9 Å². The molecule has 21 heavy (non-hydrogen) atoms. The van der Waals surface area contributed by atoms with Crippen LogP contribution in [0, 0.1) is 0 Å². The maximum atomic E-state index is 5.35. The van der Waals surface area contributed by atoms with Crippen molar-refractivity contribution in [1.82, 2.24) is 15.0 Å². The number of aromatic nitrogens is 3. The molecule has 0 amide bonds. The maximum absolute atomic E-state index is 5.35. The van der Waals surface area contributed by atoms with E-state index >= 15 is 0 Å². The highest BCUT2D eigenvalue weighted by Gasteiger charge is 2.09. The van der Waals surface area contributed by atoms with Crippen molar-refractivity contribution in [1.29, 1.82) is 0 Å². The lowest BCUT2D eigenvalue weighted by Crippen LogP contribution is -2.07. The molecule has 0 radical (unpaired) electrons. The molecule has 1 aromatic heterocycles. The Bertz CT molecular complexity index is 620. The third-order valence-corrected chi connectivity index (χ3v) is 3.30. The van der Waals surface area contributed by atoms with Crippen LogP contribution in [0.2, 0.25) is 0 Å². The summed E-state index contributed by atoms with van der Waals surface area (Å²) in [6.07, 6.45) is 0.907. The number of rotatable bonds is 6. The van der Waals surface area contributed by atoms with E-state index in [-0.39, 0.29) is 0 Å². The smallest absolute Gasteiger partial charge is 0.323 e. The summed E-state index contributed by atoms with van der Waals surface area (Å²) in [4.78, 5) is 12.7. The number of aryl methyl sites for hydroxylation is 1. The van der Waals surface area contributed by atoms with Crippen LogP contribution in [0.4, 0.5) is 17.6 Å². The van der Waals surface area contributed by atoms with Crippen LogP contribution in [0.5, 0.6) is 6.01 Å². The zero-order chi connectivity index (χ0) is 15.2. The number of anilines is 3. The van der Waals surface area contributed by atoms with Crippen LogP contribution in [0.15, 0.2) is 22.7 Å². The number of nitrogens with one attached hydrogen (secondary N) is 2. The quantitative estimate of drug-likeness (QED) is 0.831. The summed E-state index contributed by atoms with van der Waals surface area (Å²) in [5.74, 6) is 0.918. The average molecular weight is 352 g/mol. The van der Waals surface area contributed by atoms with Crippen molar-refractivity contribution in [3.63, 3.8) is 0 Å². The Balaban J connectivity index is 2.32. The zero-order valence-corrected chi connectivity index (χ0v) is 13.9. The number of ether oxygens (including phenoxy) is 1. The number of nitrogens with zero attached hydrogens (tertiary/aromatic N) is 3. The summed E-state index contributed by atoms with van der Waals surface area (Å²) in [7, 11) is 1.76. The number of halogens is 1. The van der Waals surface area contributed by atoms with Gasteiger partial charge in [-0.05, 0) is 37.1 Å². The molecule has 0 aliphatic rings. The van der Waals surface area contributed by atoms with Gasteiger partial charge in [-0.15, -0.1) is 0 Å². The van der Waals surface area contributed by atoms with E-state index in [9.17, 15) is 0 Å². The molecule has 2 rings (SSSR count). The van der Waals surface area contributed by atoms with Crippen molar-refractivity contribution in [3.05, 3.63) is 28.2 Å². The Morgan fingerprint density at radius 1 is 1.14 bits per heavy atom. The highest BCUT2D eigenvalue weighted by molar-refractivity contribution is 9.10. The molecule has 2 N–H and O–H groups in total. The molecule has 112 valence electrons. The topological polar surface area (TPSA) is 72.0 Å². The number of hydrogen-bond donors (Lipinski definition) is 2. The van der Waals surface area contributed by atoms with Gasteiger partial charge in [0, 0.05) is 17.2 Å². The first kappa shape index (κ1) is 15.5. The summed E-state index contributed by atoms with van der Waals surface area (Å²) >= 11 is 3.48. The molecule has 0 saturated carbocycles. The second-order valence-corrected chi connectivity index (χ2v) is 5.14. The van der Waals surface area contributed by atoms with E-state index in [1.54, 1.807) is 7.05 Å². The number of benzene rings is 1. The molecular formula is C14H18BrN5O. The highest BCUT2D eigenvalue weighted by Crippen LogP contribution is 2.24. The molecule has 6 nitrogen and oxygen atoms in total.